The van der Waals surface area contributed by atoms with Crippen molar-refractivity contribution in [3.8, 4) is 5.75 Å². The smallest absolute Gasteiger partial charge is 0.288 e. The Kier molecular flexibility index (Phi) is 2.83. The molecule has 1 aromatic carbocycles. The van der Waals surface area contributed by atoms with Gasteiger partial charge in [0.05, 0.1) is 5.69 Å². The summed E-state index contributed by atoms with van der Waals surface area (Å²) in [4.78, 5) is 13.6. The van der Waals surface area contributed by atoms with Crippen molar-refractivity contribution in [3.63, 3.8) is 0 Å². The maximum Gasteiger partial charge on any atom is 0.288 e. The first-order chi connectivity index (χ1) is 9.16. The summed E-state index contributed by atoms with van der Waals surface area (Å²) in [7, 11) is 0. The van der Waals surface area contributed by atoms with Crippen LogP contribution in [0.4, 0.5) is 5.69 Å². The molecule has 0 fully saturated rings. The minimum atomic E-state index is -0.206. The number of fused-ring (bicyclic) bond motifs is 1. The van der Waals surface area contributed by atoms with E-state index >= 15 is 0 Å². The molecule has 0 saturated heterocycles. The van der Waals surface area contributed by atoms with Crippen LogP contribution in [0.5, 0.6) is 5.75 Å². The molecule has 0 bridgehead atoms. The van der Waals surface area contributed by atoms with Crippen molar-refractivity contribution in [3.05, 3.63) is 34.9 Å². The lowest BCUT2D eigenvalue weighted by atomic mass is 10.1. The van der Waals surface area contributed by atoms with Crippen LogP contribution in [-0.2, 0) is 4.79 Å². The van der Waals surface area contributed by atoms with E-state index < -0.39 is 0 Å². The highest BCUT2D eigenvalue weighted by Crippen LogP contribution is 2.26. The summed E-state index contributed by atoms with van der Waals surface area (Å²) in [6, 6.07) is 4.89. The van der Waals surface area contributed by atoms with Gasteiger partial charge in [0.2, 0.25) is 0 Å². The van der Waals surface area contributed by atoms with Gasteiger partial charge in [0.1, 0.15) is 11.4 Å². The molecule has 0 spiro atoms. The number of nitrogens with two attached hydrogens (primary N) is 1. The second-order valence-corrected chi connectivity index (χ2v) is 5.15. The maximum absolute atomic E-state index is 11.7. The van der Waals surface area contributed by atoms with E-state index in [1.165, 1.54) is 6.07 Å². The van der Waals surface area contributed by atoms with Gasteiger partial charge in [-0.25, -0.2) is 5.43 Å². The third kappa shape index (κ3) is 2.01. The first-order valence-corrected chi connectivity index (χ1v) is 6.78. The van der Waals surface area contributed by atoms with Crippen molar-refractivity contribution in [2.75, 3.05) is 18.0 Å². The number of phenols is 1. The second kappa shape index (κ2) is 4.51. The molecule has 4 N–H and O–H groups in total. The molecule has 19 heavy (non-hydrogen) atoms. The molecule has 0 saturated carbocycles. The number of amides is 1. The number of carbonyl (C=O) groups is 1. The fraction of sp³-hybridized carbons (Fsp3) is 0.167. The normalized spacial score (nSPS) is 18.3. The molecule has 3 rings (SSSR count). The summed E-state index contributed by atoms with van der Waals surface area (Å²) in [6.07, 6.45) is 0. The highest BCUT2D eigenvalue weighted by molar-refractivity contribution is 8.02. The van der Waals surface area contributed by atoms with Crippen LogP contribution in [0.1, 0.15) is 5.56 Å². The number of hydrogen-bond donors (Lipinski definition) is 3. The summed E-state index contributed by atoms with van der Waals surface area (Å²) >= 11 is 1.60. The van der Waals surface area contributed by atoms with Crippen LogP contribution < -0.4 is 11.2 Å². The van der Waals surface area contributed by atoms with E-state index in [1.807, 2.05) is 10.3 Å². The van der Waals surface area contributed by atoms with Crippen molar-refractivity contribution < 1.29 is 9.90 Å². The monoisotopic (exact) mass is 276 g/mol. The number of nitrogens with zero attached hydrogens (tertiary/aromatic N) is 2. The Labute approximate surface area is 114 Å². The van der Waals surface area contributed by atoms with Gasteiger partial charge in [-0.1, -0.05) is 0 Å². The number of anilines is 1. The van der Waals surface area contributed by atoms with E-state index in [1.54, 1.807) is 23.9 Å². The zero-order valence-electron chi connectivity index (χ0n) is 9.96. The first kappa shape index (κ1) is 11.9. The third-order valence-corrected chi connectivity index (χ3v) is 3.76. The third-order valence-electron chi connectivity index (χ3n) is 2.96. The van der Waals surface area contributed by atoms with Gasteiger partial charge >= 0.3 is 0 Å². The minimum absolute atomic E-state index is 0.0363. The number of nitrogen functional groups attached to an aromatic ring is 1. The molecule has 0 radical (unpaired) electrons. The van der Waals surface area contributed by atoms with Crippen LogP contribution in [0.25, 0.3) is 0 Å². The summed E-state index contributed by atoms with van der Waals surface area (Å²) in [5, 5.41) is 15.4. The molecule has 1 amide bonds. The number of thioether (sulfide) groups is 1. The largest absolute Gasteiger partial charge is 0.506 e. The predicted molar refractivity (Wildman–Crippen MR) is 74.4 cm³/mol. The number of hydrogen-bond acceptors (Lipinski definition) is 6. The minimum Gasteiger partial charge on any atom is -0.506 e. The Bertz CT molecular complexity index is 612. The molecule has 0 aliphatic carbocycles. The number of aromatic hydroxyl groups is 1. The van der Waals surface area contributed by atoms with E-state index in [9.17, 15) is 9.90 Å². The van der Waals surface area contributed by atoms with Crippen LogP contribution in [-0.4, -0.2) is 34.0 Å². The van der Waals surface area contributed by atoms with Gasteiger partial charge < -0.3 is 15.7 Å². The SMILES string of the molecule is Nc1cc(C2=NNC(=O)C3=CSCCN32)ccc1O. The van der Waals surface area contributed by atoms with Crippen LogP contribution in [0.2, 0.25) is 0 Å². The van der Waals surface area contributed by atoms with Gasteiger partial charge in [0, 0.05) is 23.3 Å². The van der Waals surface area contributed by atoms with E-state index in [4.69, 9.17) is 5.73 Å². The molecular weight excluding hydrogens is 264 g/mol. The Balaban J connectivity index is 2.04. The number of amidine groups is 1. The van der Waals surface area contributed by atoms with Crippen LogP contribution in [0.15, 0.2) is 34.4 Å². The Morgan fingerprint density at radius 3 is 3.11 bits per heavy atom. The van der Waals surface area contributed by atoms with Gasteiger partial charge in [-0.05, 0) is 18.2 Å². The van der Waals surface area contributed by atoms with E-state index in [-0.39, 0.29) is 17.3 Å². The summed E-state index contributed by atoms with van der Waals surface area (Å²) in [5.41, 5.74) is 9.81. The maximum atomic E-state index is 11.7. The summed E-state index contributed by atoms with van der Waals surface area (Å²) in [5.74, 6) is 1.36. The number of rotatable bonds is 1. The summed E-state index contributed by atoms with van der Waals surface area (Å²) < 4.78 is 0. The van der Waals surface area contributed by atoms with Crippen molar-refractivity contribution >= 4 is 29.2 Å². The van der Waals surface area contributed by atoms with Gasteiger partial charge in [-0.15, -0.1) is 11.8 Å². The fourth-order valence-electron chi connectivity index (χ4n) is 2.00. The van der Waals surface area contributed by atoms with Crippen LogP contribution in [0.3, 0.4) is 0 Å². The molecule has 98 valence electrons. The molecule has 6 nitrogen and oxygen atoms in total. The Morgan fingerprint density at radius 1 is 1.47 bits per heavy atom. The highest BCUT2D eigenvalue weighted by atomic mass is 32.2. The first-order valence-electron chi connectivity index (χ1n) is 5.73. The van der Waals surface area contributed by atoms with Crippen molar-refractivity contribution in [1.29, 1.82) is 0 Å². The lowest BCUT2D eigenvalue weighted by Crippen LogP contribution is -2.45. The molecular formula is C12H12N4O2S. The van der Waals surface area contributed by atoms with Crippen LogP contribution >= 0.6 is 11.8 Å². The van der Waals surface area contributed by atoms with E-state index in [0.29, 0.717) is 18.1 Å². The molecule has 2 aliphatic heterocycles. The Morgan fingerprint density at radius 2 is 2.32 bits per heavy atom. The Hall–Kier alpha value is -2.15. The number of nitrogens with one attached hydrogen (secondary N) is 1. The summed E-state index contributed by atoms with van der Waals surface area (Å²) in [6.45, 7) is 0.712. The zero-order valence-corrected chi connectivity index (χ0v) is 10.8. The average Bonchev–Trinajstić information content (AvgIpc) is 2.43. The number of carbonyl (C=O) groups excluding carboxylic acids is 1. The van der Waals surface area contributed by atoms with Crippen molar-refractivity contribution in [2.24, 2.45) is 5.10 Å². The quantitative estimate of drug-likeness (QED) is 0.517. The van der Waals surface area contributed by atoms with Gasteiger partial charge in [0.15, 0.2) is 5.84 Å². The van der Waals surface area contributed by atoms with Crippen LogP contribution in [0, 0.1) is 0 Å². The molecule has 2 aliphatic rings. The van der Waals surface area contributed by atoms with E-state index in [0.717, 1.165) is 11.3 Å². The highest BCUT2D eigenvalue weighted by Gasteiger charge is 2.29. The molecule has 1 aromatic rings. The number of hydrazone groups is 1. The van der Waals surface area contributed by atoms with E-state index in [2.05, 4.69) is 10.5 Å². The van der Waals surface area contributed by atoms with Crippen molar-refractivity contribution in [1.82, 2.24) is 10.3 Å². The number of benzene rings is 1. The predicted octanol–water partition coefficient (Wildman–Crippen LogP) is 0.656. The van der Waals surface area contributed by atoms with Gasteiger partial charge in [0.25, 0.3) is 5.91 Å². The van der Waals surface area contributed by atoms with Crippen molar-refractivity contribution in [2.45, 2.75) is 0 Å². The zero-order chi connectivity index (χ0) is 13.4. The molecule has 0 aromatic heterocycles. The molecule has 0 atom stereocenters. The molecule has 7 heteroatoms. The fourth-order valence-corrected chi connectivity index (χ4v) is 2.80. The lowest BCUT2D eigenvalue weighted by molar-refractivity contribution is -0.119. The number of phenolic OH excluding ortho intramolecular Hbond substituents is 1. The topological polar surface area (TPSA) is 90.9 Å². The molecule has 0 unspecified atom stereocenters. The standard InChI is InChI=1S/C12H12N4O2S/c13-8-5-7(1-2-10(8)17)11-14-15-12(18)9-6-19-4-3-16(9)11/h1-2,5-6,17H,3-4,13H2,(H,15,18). The molecule has 2 heterocycles. The lowest BCUT2D eigenvalue weighted by Gasteiger charge is -2.33. The second-order valence-electron chi connectivity index (χ2n) is 4.18. The average molecular weight is 276 g/mol. The van der Waals surface area contributed by atoms with Gasteiger partial charge in [-0.2, -0.15) is 5.10 Å². The van der Waals surface area contributed by atoms with Gasteiger partial charge in [-0.3, -0.25) is 4.79 Å².